The van der Waals surface area contributed by atoms with Gasteiger partial charge in [-0.05, 0) is 25.7 Å². The van der Waals surface area contributed by atoms with Gasteiger partial charge in [0.2, 0.25) is 0 Å². The molecule has 0 aromatic heterocycles. The molecule has 0 bridgehead atoms. The first-order valence-electron chi connectivity index (χ1n) is 4.98. The number of sulfone groups is 2. The average Bonchev–Trinajstić information content (AvgIpc) is 2.29. The molecule has 16 heavy (non-hydrogen) atoms. The molecule has 1 aliphatic rings. The van der Waals surface area contributed by atoms with Crippen LogP contribution in [0, 0.1) is 0 Å². The van der Waals surface area contributed by atoms with Crippen molar-refractivity contribution in [3.05, 3.63) is 0 Å². The van der Waals surface area contributed by atoms with E-state index in [1.54, 1.807) is 0 Å². The van der Waals surface area contributed by atoms with Crippen LogP contribution >= 0.6 is 0 Å². The number of aliphatic hydroxyl groups excluding tert-OH is 2. The second-order valence-corrected chi connectivity index (χ2v) is 8.48. The van der Waals surface area contributed by atoms with E-state index in [1.807, 2.05) is 0 Å². The van der Waals surface area contributed by atoms with Crippen molar-refractivity contribution in [2.45, 2.75) is 36.2 Å². The van der Waals surface area contributed by atoms with Crippen LogP contribution in [0.25, 0.3) is 0 Å². The lowest BCUT2D eigenvalue weighted by Gasteiger charge is -2.26. The lowest BCUT2D eigenvalue weighted by atomic mass is 10.00. The normalized spacial score (nSPS) is 27.9. The number of aliphatic hydroxyl groups is 2. The number of hydrogen-bond donors (Lipinski definition) is 2. The Morgan fingerprint density at radius 1 is 0.750 bits per heavy atom. The molecule has 6 nitrogen and oxygen atoms in total. The molecule has 0 unspecified atom stereocenters. The Hall–Kier alpha value is -0.180. The highest BCUT2D eigenvalue weighted by atomic mass is 32.2. The predicted octanol–water partition coefficient (Wildman–Crippen LogP) is -0.973. The predicted molar refractivity (Wildman–Crippen MR) is 58.1 cm³/mol. The molecule has 0 aromatic carbocycles. The lowest BCUT2D eigenvalue weighted by molar-refractivity contribution is 0.346. The smallest absolute Gasteiger partial charge is 0.176 e. The quantitative estimate of drug-likeness (QED) is 0.681. The third kappa shape index (κ3) is 2.93. The lowest BCUT2D eigenvalue weighted by Crippen LogP contribution is -2.35. The van der Waals surface area contributed by atoms with Crippen LogP contribution in [0.3, 0.4) is 0 Å². The van der Waals surface area contributed by atoms with Crippen LogP contribution in [-0.2, 0) is 19.7 Å². The zero-order valence-electron chi connectivity index (χ0n) is 8.74. The second kappa shape index (κ2) is 4.99. The zero-order valence-corrected chi connectivity index (χ0v) is 10.4. The van der Waals surface area contributed by atoms with E-state index in [2.05, 4.69) is 0 Å². The summed E-state index contributed by atoms with van der Waals surface area (Å²) in [6.45, 7) is 0. The molecule has 96 valence electrons. The highest BCUT2D eigenvalue weighted by Gasteiger charge is 2.35. The summed E-state index contributed by atoms with van der Waals surface area (Å²) in [6.07, 6.45) is 0.916. The van der Waals surface area contributed by atoms with Gasteiger partial charge in [0.05, 0.1) is 10.5 Å². The van der Waals surface area contributed by atoms with Crippen molar-refractivity contribution in [2.75, 3.05) is 11.9 Å². The van der Waals surface area contributed by atoms with Gasteiger partial charge in [-0.25, -0.2) is 16.8 Å². The monoisotopic (exact) mass is 272 g/mol. The Labute approximate surface area is 95.1 Å². The summed E-state index contributed by atoms with van der Waals surface area (Å²) >= 11 is 0. The SMILES string of the molecule is O=S(=O)(CO)C1CCC(S(=O)(=O)CO)CC1. The largest absolute Gasteiger partial charge is 0.380 e. The fourth-order valence-corrected chi connectivity index (χ4v) is 4.36. The van der Waals surface area contributed by atoms with Crippen molar-refractivity contribution in [2.24, 2.45) is 0 Å². The van der Waals surface area contributed by atoms with Crippen molar-refractivity contribution in [1.82, 2.24) is 0 Å². The van der Waals surface area contributed by atoms with E-state index >= 15 is 0 Å². The molecule has 0 aromatic rings. The van der Waals surface area contributed by atoms with E-state index in [4.69, 9.17) is 10.2 Å². The maximum Gasteiger partial charge on any atom is 0.176 e. The average molecular weight is 272 g/mol. The second-order valence-electron chi connectivity index (χ2n) is 3.98. The molecule has 0 atom stereocenters. The molecular formula is C8H16O6S2. The molecule has 1 rings (SSSR count). The summed E-state index contributed by atoms with van der Waals surface area (Å²) in [5.41, 5.74) is 0. The first-order chi connectivity index (χ1) is 7.33. The Morgan fingerprint density at radius 2 is 1.00 bits per heavy atom. The Morgan fingerprint density at radius 3 is 1.19 bits per heavy atom. The summed E-state index contributed by atoms with van der Waals surface area (Å²) in [7, 11) is -7.00. The summed E-state index contributed by atoms with van der Waals surface area (Å²) in [5.74, 6) is -1.79. The minimum Gasteiger partial charge on any atom is -0.380 e. The van der Waals surface area contributed by atoms with E-state index in [0.29, 0.717) is 0 Å². The Bertz CT molecular complexity index is 373. The molecule has 0 amide bonds. The van der Waals surface area contributed by atoms with Crippen molar-refractivity contribution in [3.63, 3.8) is 0 Å². The minimum atomic E-state index is -3.50. The van der Waals surface area contributed by atoms with Gasteiger partial charge in [-0.2, -0.15) is 0 Å². The van der Waals surface area contributed by atoms with Gasteiger partial charge < -0.3 is 10.2 Å². The Kier molecular flexibility index (Phi) is 4.33. The van der Waals surface area contributed by atoms with Crippen molar-refractivity contribution < 1.29 is 27.0 Å². The maximum absolute atomic E-state index is 11.3. The summed E-state index contributed by atoms with van der Waals surface area (Å²) in [5, 5.41) is 16.0. The van der Waals surface area contributed by atoms with Crippen molar-refractivity contribution >= 4 is 19.7 Å². The van der Waals surface area contributed by atoms with Crippen LogP contribution < -0.4 is 0 Å². The van der Waals surface area contributed by atoms with E-state index in [-0.39, 0.29) is 25.7 Å². The molecule has 0 saturated heterocycles. The van der Waals surface area contributed by atoms with Gasteiger partial charge >= 0.3 is 0 Å². The molecule has 0 aliphatic heterocycles. The van der Waals surface area contributed by atoms with Crippen LogP contribution in [0.2, 0.25) is 0 Å². The van der Waals surface area contributed by atoms with Crippen LogP contribution in [0.15, 0.2) is 0 Å². The van der Waals surface area contributed by atoms with Gasteiger partial charge in [-0.1, -0.05) is 0 Å². The molecule has 0 radical (unpaired) electrons. The minimum absolute atomic E-state index is 0.229. The molecule has 0 spiro atoms. The summed E-state index contributed by atoms with van der Waals surface area (Å²) < 4.78 is 45.3. The van der Waals surface area contributed by atoms with Gasteiger partial charge in [0.15, 0.2) is 19.7 Å². The standard InChI is InChI=1S/C8H16O6S2/c9-5-15(11,12)7-1-2-8(4-3-7)16(13,14)6-10/h7-10H,1-6H2. The van der Waals surface area contributed by atoms with Crippen molar-refractivity contribution in [1.29, 1.82) is 0 Å². The van der Waals surface area contributed by atoms with Crippen LogP contribution in [0.5, 0.6) is 0 Å². The fourth-order valence-electron chi connectivity index (χ4n) is 1.96. The number of hydrogen-bond acceptors (Lipinski definition) is 6. The molecule has 1 fully saturated rings. The zero-order chi connectivity index (χ0) is 12.4. The van der Waals surface area contributed by atoms with Gasteiger partial charge in [-0.15, -0.1) is 0 Å². The van der Waals surface area contributed by atoms with Gasteiger partial charge in [-0.3, -0.25) is 0 Å². The van der Waals surface area contributed by atoms with Gasteiger partial charge in [0.25, 0.3) is 0 Å². The topological polar surface area (TPSA) is 109 Å². The first kappa shape index (κ1) is 13.9. The summed E-state index contributed by atoms with van der Waals surface area (Å²) in [4.78, 5) is 0. The fraction of sp³-hybridized carbons (Fsp3) is 1.00. The van der Waals surface area contributed by atoms with Gasteiger partial charge in [0, 0.05) is 0 Å². The first-order valence-corrected chi connectivity index (χ1v) is 8.41. The van der Waals surface area contributed by atoms with Crippen LogP contribution in [0.4, 0.5) is 0 Å². The van der Waals surface area contributed by atoms with Gasteiger partial charge in [0.1, 0.15) is 11.9 Å². The third-order valence-electron chi connectivity index (χ3n) is 3.00. The van der Waals surface area contributed by atoms with E-state index in [0.717, 1.165) is 0 Å². The molecule has 8 heteroatoms. The van der Waals surface area contributed by atoms with Crippen molar-refractivity contribution in [3.8, 4) is 0 Å². The third-order valence-corrected chi connectivity index (χ3v) is 6.69. The highest BCUT2D eigenvalue weighted by molar-refractivity contribution is 7.92. The maximum atomic E-state index is 11.3. The molecule has 1 aliphatic carbocycles. The highest BCUT2D eigenvalue weighted by Crippen LogP contribution is 2.28. The van der Waals surface area contributed by atoms with Crippen LogP contribution in [-0.4, -0.2) is 49.4 Å². The van der Waals surface area contributed by atoms with E-state index in [1.165, 1.54) is 0 Å². The molecule has 1 saturated carbocycles. The van der Waals surface area contributed by atoms with E-state index < -0.39 is 42.1 Å². The Balaban J connectivity index is 2.66. The van der Waals surface area contributed by atoms with Crippen LogP contribution in [0.1, 0.15) is 25.7 Å². The molecule has 2 N–H and O–H groups in total. The molecule has 0 heterocycles. The molecular weight excluding hydrogens is 256 g/mol. The van der Waals surface area contributed by atoms with E-state index in [9.17, 15) is 16.8 Å². The number of rotatable bonds is 4. The summed E-state index contributed by atoms with van der Waals surface area (Å²) in [6, 6.07) is 0.